The molecule has 0 bridgehead atoms. The highest BCUT2D eigenvalue weighted by Gasteiger charge is 2.26. The number of hydrogen-bond acceptors (Lipinski definition) is 5. The van der Waals surface area contributed by atoms with Crippen LogP contribution in [0.5, 0.6) is 0 Å². The van der Waals surface area contributed by atoms with Gasteiger partial charge in [0.15, 0.2) is 0 Å². The SMILES string of the molecule is CC(C)C(=O)OCc1ccccc1.CCOC(=O)c1c(C(OCC)=C2CC2)ccn1C. The Kier molecular flexibility index (Phi) is 9.38. The number of hydrogen-bond donors (Lipinski definition) is 0. The van der Waals surface area contributed by atoms with Gasteiger partial charge in [-0.1, -0.05) is 44.2 Å². The standard InChI is InChI=1S/C14H19NO3.C11H14O2/c1-4-17-13(10-6-7-10)11-8-9-15(3)12(11)14(16)18-5-2;1-9(2)11(12)13-8-10-6-4-3-5-7-10/h8-9H,4-7H2,1-3H3;3-7,9H,8H2,1-2H3. The fraction of sp³-hybridized carbons (Fsp3) is 0.440. The summed E-state index contributed by atoms with van der Waals surface area (Å²) in [6.45, 7) is 8.78. The van der Waals surface area contributed by atoms with Crippen molar-refractivity contribution in [1.29, 1.82) is 0 Å². The van der Waals surface area contributed by atoms with E-state index in [1.807, 2.05) is 77.3 Å². The number of nitrogens with zero attached hydrogens (tertiary/aromatic N) is 1. The van der Waals surface area contributed by atoms with Crippen LogP contribution in [0.15, 0.2) is 48.2 Å². The lowest BCUT2D eigenvalue weighted by Gasteiger charge is -2.10. The molecule has 1 heterocycles. The largest absolute Gasteiger partial charge is 0.493 e. The maximum Gasteiger partial charge on any atom is 0.355 e. The van der Waals surface area contributed by atoms with E-state index in [1.54, 1.807) is 4.57 Å². The van der Waals surface area contributed by atoms with Gasteiger partial charge in [-0.2, -0.15) is 0 Å². The molecule has 2 aromatic rings. The molecule has 3 rings (SSSR count). The van der Waals surface area contributed by atoms with Crippen molar-refractivity contribution in [2.24, 2.45) is 13.0 Å². The van der Waals surface area contributed by atoms with Crippen LogP contribution in [-0.4, -0.2) is 29.7 Å². The van der Waals surface area contributed by atoms with Crippen LogP contribution in [0, 0.1) is 5.92 Å². The molecule has 0 radical (unpaired) electrons. The lowest BCUT2D eigenvalue weighted by molar-refractivity contribution is -0.148. The first kappa shape index (κ1) is 24.3. The first-order valence-electron chi connectivity index (χ1n) is 10.8. The Bertz CT molecular complexity index is 890. The molecule has 0 spiro atoms. The van der Waals surface area contributed by atoms with Crippen LogP contribution in [0.25, 0.3) is 5.76 Å². The molecule has 168 valence electrons. The molecule has 0 amide bonds. The second-order valence-electron chi connectivity index (χ2n) is 7.52. The zero-order valence-electron chi connectivity index (χ0n) is 19.1. The van der Waals surface area contributed by atoms with Gasteiger partial charge in [0.25, 0.3) is 0 Å². The van der Waals surface area contributed by atoms with Crippen LogP contribution in [0.2, 0.25) is 0 Å². The Morgan fingerprint density at radius 2 is 1.61 bits per heavy atom. The smallest absolute Gasteiger partial charge is 0.355 e. The second-order valence-corrected chi connectivity index (χ2v) is 7.52. The maximum absolute atomic E-state index is 12.0. The number of allylic oxidation sites excluding steroid dienone is 1. The summed E-state index contributed by atoms with van der Waals surface area (Å²) in [6, 6.07) is 11.6. The van der Waals surface area contributed by atoms with Gasteiger partial charge in [0.05, 0.1) is 19.1 Å². The molecule has 1 aromatic heterocycles. The third kappa shape index (κ3) is 7.31. The molecule has 0 aliphatic heterocycles. The number of rotatable bonds is 8. The number of carbonyl (C=O) groups is 2. The van der Waals surface area contributed by atoms with E-state index >= 15 is 0 Å². The van der Waals surface area contributed by atoms with Crippen molar-refractivity contribution in [1.82, 2.24) is 4.57 Å². The predicted octanol–water partition coefficient (Wildman–Crippen LogP) is 5.13. The molecule has 6 heteroatoms. The van der Waals surface area contributed by atoms with E-state index < -0.39 is 0 Å². The van der Waals surface area contributed by atoms with E-state index in [2.05, 4.69) is 0 Å². The van der Waals surface area contributed by atoms with Crippen LogP contribution >= 0.6 is 0 Å². The number of ether oxygens (including phenoxy) is 3. The Morgan fingerprint density at radius 1 is 0.968 bits per heavy atom. The van der Waals surface area contributed by atoms with Crippen LogP contribution in [0.3, 0.4) is 0 Å². The number of carbonyl (C=O) groups excluding carboxylic acids is 2. The van der Waals surface area contributed by atoms with Crippen molar-refractivity contribution in [3.63, 3.8) is 0 Å². The molecule has 0 atom stereocenters. The second kappa shape index (κ2) is 12.0. The molecule has 0 unspecified atom stereocenters. The van der Waals surface area contributed by atoms with E-state index in [9.17, 15) is 9.59 Å². The third-order valence-corrected chi connectivity index (χ3v) is 4.59. The first-order chi connectivity index (χ1) is 14.9. The van der Waals surface area contributed by atoms with Gasteiger partial charge in [0.2, 0.25) is 0 Å². The zero-order valence-corrected chi connectivity index (χ0v) is 19.1. The van der Waals surface area contributed by atoms with Gasteiger partial charge >= 0.3 is 11.9 Å². The van der Waals surface area contributed by atoms with Crippen molar-refractivity contribution in [2.45, 2.75) is 47.1 Å². The van der Waals surface area contributed by atoms with E-state index in [0.717, 1.165) is 29.7 Å². The Morgan fingerprint density at radius 3 is 2.16 bits per heavy atom. The number of aryl methyl sites for hydroxylation is 1. The minimum atomic E-state index is -0.293. The van der Waals surface area contributed by atoms with Gasteiger partial charge in [0.1, 0.15) is 18.1 Å². The number of esters is 2. The molecule has 31 heavy (non-hydrogen) atoms. The normalized spacial score (nSPS) is 12.0. The topological polar surface area (TPSA) is 66.8 Å². The fourth-order valence-corrected chi connectivity index (χ4v) is 2.87. The van der Waals surface area contributed by atoms with E-state index in [-0.39, 0.29) is 17.9 Å². The van der Waals surface area contributed by atoms with Crippen molar-refractivity contribution in [3.8, 4) is 0 Å². The summed E-state index contributed by atoms with van der Waals surface area (Å²) in [4.78, 5) is 23.1. The highest BCUT2D eigenvalue weighted by atomic mass is 16.5. The lowest BCUT2D eigenvalue weighted by atomic mass is 10.2. The van der Waals surface area contributed by atoms with E-state index in [4.69, 9.17) is 14.2 Å². The fourth-order valence-electron chi connectivity index (χ4n) is 2.87. The van der Waals surface area contributed by atoms with Gasteiger partial charge in [0, 0.05) is 18.8 Å². The number of aromatic nitrogens is 1. The van der Waals surface area contributed by atoms with Crippen LogP contribution in [-0.2, 0) is 32.7 Å². The highest BCUT2D eigenvalue weighted by molar-refractivity contribution is 5.94. The summed E-state index contributed by atoms with van der Waals surface area (Å²) in [5.74, 6) is 0.368. The van der Waals surface area contributed by atoms with Gasteiger partial charge in [-0.3, -0.25) is 4.79 Å². The molecule has 1 aliphatic rings. The van der Waals surface area contributed by atoms with Gasteiger partial charge in [-0.05, 0) is 43.9 Å². The van der Waals surface area contributed by atoms with Crippen molar-refractivity contribution >= 4 is 17.7 Å². The third-order valence-electron chi connectivity index (χ3n) is 4.59. The maximum atomic E-state index is 12.0. The summed E-state index contributed by atoms with van der Waals surface area (Å²) in [7, 11) is 1.84. The molecule has 1 aliphatic carbocycles. The lowest BCUT2D eigenvalue weighted by Crippen LogP contribution is -2.12. The molecule has 1 aromatic carbocycles. The highest BCUT2D eigenvalue weighted by Crippen LogP contribution is 2.38. The van der Waals surface area contributed by atoms with Gasteiger partial charge in [-0.25, -0.2) is 4.79 Å². The first-order valence-corrected chi connectivity index (χ1v) is 10.8. The average Bonchev–Trinajstić information content (AvgIpc) is 3.53. The summed E-state index contributed by atoms with van der Waals surface area (Å²) in [5, 5.41) is 0. The molecule has 1 saturated carbocycles. The molecule has 0 saturated heterocycles. The summed E-state index contributed by atoms with van der Waals surface area (Å²) < 4.78 is 17.6. The Labute approximate surface area is 184 Å². The van der Waals surface area contributed by atoms with Crippen molar-refractivity contribution in [2.75, 3.05) is 13.2 Å². The minimum absolute atomic E-state index is 0.0521. The zero-order chi connectivity index (χ0) is 22.8. The van der Waals surface area contributed by atoms with Gasteiger partial charge in [-0.15, -0.1) is 0 Å². The summed E-state index contributed by atoms with van der Waals surface area (Å²) in [5.41, 5.74) is 3.73. The quantitative estimate of drug-likeness (QED) is 0.432. The predicted molar refractivity (Wildman–Crippen MR) is 120 cm³/mol. The Balaban J connectivity index is 0.000000233. The Hall–Kier alpha value is -3.02. The molecule has 6 nitrogen and oxygen atoms in total. The molecular weight excluding hydrogens is 394 g/mol. The molecule has 0 N–H and O–H groups in total. The van der Waals surface area contributed by atoms with Crippen LogP contribution in [0.4, 0.5) is 0 Å². The van der Waals surface area contributed by atoms with Crippen LogP contribution < -0.4 is 0 Å². The van der Waals surface area contributed by atoms with Crippen LogP contribution in [0.1, 0.15) is 62.2 Å². The molecular formula is C25H33NO5. The summed E-state index contributed by atoms with van der Waals surface area (Å²) >= 11 is 0. The van der Waals surface area contributed by atoms with Crippen molar-refractivity contribution in [3.05, 3.63) is 65.0 Å². The van der Waals surface area contributed by atoms with Crippen molar-refractivity contribution < 1.29 is 23.8 Å². The van der Waals surface area contributed by atoms with E-state index in [0.29, 0.717) is 25.5 Å². The van der Waals surface area contributed by atoms with E-state index in [1.165, 1.54) is 5.57 Å². The minimum Gasteiger partial charge on any atom is -0.493 e. The molecule has 1 fully saturated rings. The summed E-state index contributed by atoms with van der Waals surface area (Å²) in [6.07, 6.45) is 3.99. The van der Waals surface area contributed by atoms with Gasteiger partial charge < -0.3 is 18.8 Å². The monoisotopic (exact) mass is 427 g/mol. The number of benzene rings is 1. The average molecular weight is 428 g/mol.